The van der Waals surface area contributed by atoms with E-state index in [9.17, 15) is 0 Å². The number of nitrogens with zero attached hydrogens (tertiary/aromatic N) is 5. The monoisotopic (exact) mass is 268 g/mol. The number of halogens is 1. The van der Waals surface area contributed by atoms with E-state index in [0.29, 0.717) is 16.6 Å². The molecule has 0 saturated carbocycles. The van der Waals surface area contributed by atoms with Crippen LogP contribution in [0.5, 0.6) is 0 Å². The molecular weight excluding hydrogens is 254 g/mol. The van der Waals surface area contributed by atoms with Crippen LogP contribution < -0.4 is 4.84 Å². The fourth-order valence-corrected chi connectivity index (χ4v) is 1.75. The van der Waals surface area contributed by atoms with Crippen molar-refractivity contribution < 1.29 is 9.41 Å². The molecule has 1 aromatic heterocycles. The van der Waals surface area contributed by atoms with Crippen LogP contribution in [0, 0.1) is 0 Å². The minimum Gasteiger partial charge on any atom is -0.278 e. The van der Waals surface area contributed by atoms with Crippen LogP contribution >= 0.6 is 11.6 Å². The van der Waals surface area contributed by atoms with Crippen LogP contribution in [0.2, 0.25) is 5.02 Å². The first-order valence-corrected chi connectivity index (χ1v) is 5.77. The van der Waals surface area contributed by atoms with Crippen molar-refractivity contribution in [2.45, 2.75) is 0 Å². The molecule has 0 radical (unpaired) electrons. The fraction of sp³-hybridized carbons (Fsp3) is 0.364. The number of aromatic nitrogens is 3. The topological polar surface area (TPSA) is 46.2 Å². The molecule has 0 aliphatic rings. The number of hydrogen-bond acceptors (Lipinski definition) is 3. The van der Waals surface area contributed by atoms with Gasteiger partial charge in [-0.3, -0.25) is 4.84 Å². The maximum atomic E-state index is 5.90. The maximum Gasteiger partial charge on any atom is 0.471 e. The largest absolute Gasteiger partial charge is 0.471 e. The first-order chi connectivity index (χ1) is 8.49. The van der Waals surface area contributed by atoms with Crippen molar-refractivity contribution in [3.8, 4) is 0 Å². The van der Waals surface area contributed by atoms with E-state index in [2.05, 4.69) is 10.3 Å². The molecule has 0 amide bonds. The van der Waals surface area contributed by atoms with Crippen molar-refractivity contribution in [2.24, 2.45) is 0 Å². The normalized spacial score (nSPS) is 10.5. The molecule has 0 unspecified atom stereocenters. The summed E-state index contributed by atoms with van der Waals surface area (Å²) in [6, 6.07) is 5.99. The van der Waals surface area contributed by atoms with Gasteiger partial charge < -0.3 is 0 Å². The molecule has 0 N–H and O–H groups in total. The molecule has 0 aliphatic carbocycles. The van der Waals surface area contributed by atoms with Crippen molar-refractivity contribution in [3.63, 3.8) is 0 Å². The smallest absolute Gasteiger partial charge is 0.278 e. The Balaban J connectivity index is 2.41. The summed E-state index contributed by atoms with van der Waals surface area (Å²) in [5.41, 5.74) is 1.46. The molecule has 0 aliphatic heterocycles. The number of benzene rings is 1. The Labute approximate surface area is 110 Å². The lowest BCUT2D eigenvalue weighted by Gasteiger charge is -2.10. The molecule has 2 rings (SSSR count). The summed E-state index contributed by atoms with van der Waals surface area (Å²) in [6.45, 7) is 0. The van der Waals surface area contributed by atoms with Gasteiger partial charge in [0.05, 0.1) is 28.2 Å². The second-order valence-electron chi connectivity index (χ2n) is 4.26. The third-order valence-corrected chi connectivity index (χ3v) is 2.55. The van der Waals surface area contributed by atoms with E-state index < -0.39 is 0 Å². The second-order valence-corrected chi connectivity index (χ2v) is 4.69. The molecule has 0 bridgehead atoms. The van der Waals surface area contributed by atoms with Gasteiger partial charge in [0.25, 0.3) is 0 Å². The highest BCUT2D eigenvalue weighted by molar-refractivity contribution is 6.31. The molecule has 18 heavy (non-hydrogen) atoms. The Morgan fingerprint density at radius 1 is 1.39 bits per heavy atom. The quantitative estimate of drug-likeness (QED) is 0.434. The third kappa shape index (κ3) is 2.38. The lowest BCUT2D eigenvalue weighted by atomic mass is 10.3. The first kappa shape index (κ1) is 12.6. The molecule has 0 fully saturated rings. The Hall–Kier alpha value is -1.82. The molecule has 1 aromatic carbocycles. The standard InChI is InChI=1S/C11H15ClN5O/c1-15(2)11(16(3)4)18-17-10-6-5-8(12)7-9(10)13-14-17/h5-7H,1-4H3/q+1. The molecule has 7 heteroatoms. The van der Waals surface area contributed by atoms with E-state index >= 15 is 0 Å². The first-order valence-electron chi connectivity index (χ1n) is 5.40. The zero-order valence-electron chi connectivity index (χ0n) is 10.8. The van der Waals surface area contributed by atoms with Gasteiger partial charge in [-0.2, -0.15) is 0 Å². The predicted molar refractivity (Wildman–Crippen MR) is 69.9 cm³/mol. The number of hydrogen-bond donors (Lipinski definition) is 0. The van der Waals surface area contributed by atoms with Gasteiger partial charge in [0, 0.05) is 5.02 Å². The van der Waals surface area contributed by atoms with E-state index in [1.54, 1.807) is 12.1 Å². The molecule has 0 atom stereocenters. The number of rotatable bonds is 1. The number of amidine groups is 1. The van der Waals surface area contributed by atoms with Crippen molar-refractivity contribution in [3.05, 3.63) is 23.2 Å². The SMILES string of the molecule is CN(C)C(On1nnc2cc(Cl)ccc21)=[N+](C)C. The van der Waals surface area contributed by atoms with Gasteiger partial charge in [-0.05, 0) is 23.4 Å². The van der Waals surface area contributed by atoms with Crippen LogP contribution in [0.15, 0.2) is 18.2 Å². The zero-order valence-corrected chi connectivity index (χ0v) is 11.5. The predicted octanol–water partition coefficient (Wildman–Crippen LogP) is 0.703. The van der Waals surface area contributed by atoms with Crippen LogP contribution in [0.25, 0.3) is 11.0 Å². The van der Waals surface area contributed by atoms with E-state index in [0.717, 1.165) is 5.52 Å². The Morgan fingerprint density at radius 3 is 2.72 bits per heavy atom. The maximum absolute atomic E-state index is 5.90. The highest BCUT2D eigenvalue weighted by atomic mass is 35.5. The van der Waals surface area contributed by atoms with E-state index in [1.807, 2.05) is 43.7 Å². The summed E-state index contributed by atoms with van der Waals surface area (Å²) in [5.74, 6) is 0. The van der Waals surface area contributed by atoms with Crippen LogP contribution in [0.3, 0.4) is 0 Å². The van der Waals surface area contributed by atoms with Gasteiger partial charge in [-0.15, -0.1) is 5.10 Å². The van der Waals surface area contributed by atoms with Gasteiger partial charge in [0.15, 0.2) is 0 Å². The lowest BCUT2D eigenvalue weighted by molar-refractivity contribution is -0.480. The summed E-state index contributed by atoms with van der Waals surface area (Å²) in [5, 5.41) is 8.58. The van der Waals surface area contributed by atoms with E-state index in [-0.39, 0.29) is 0 Å². The van der Waals surface area contributed by atoms with Gasteiger partial charge >= 0.3 is 6.02 Å². The third-order valence-electron chi connectivity index (χ3n) is 2.31. The van der Waals surface area contributed by atoms with Crippen molar-refractivity contribution in [2.75, 3.05) is 28.2 Å². The Kier molecular flexibility index (Phi) is 3.38. The summed E-state index contributed by atoms with van der Waals surface area (Å²) in [6.07, 6.45) is 0. The van der Waals surface area contributed by atoms with E-state index in [1.165, 1.54) is 4.85 Å². The molecule has 6 nitrogen and oxygen atoms in total. The molecule has 2 aromatic rings. The summed E-state index contributed by atoms with van der Waals surface area (Å²) in [7, 11) is 7.58. The Bertz CT molecular complexity index is 600. The van der Waals surface area contributed by atoms with Gasteiger partial charge in [-0.25, -0.2) is 9.48 Å². The molecule has 1 heterocycles. The molecule has 0 spiro atoms. The molecule has 96 valence electrons. The highest BCUT2D eigenvalue weighted by Crippen LogP contribution is 2.16. The average molecular weight is 269 g/mol. The van der Waals surface area contributed by atoms with Crippen molar-refractivity contribution >= 4 is 28.7 Å². The molecular formula is C11H15ClN5O+. The highest BCUT2D eigenvalue weighted by Gasteiger charge is 2.17. The minimum absolute atomic E-state index is 0.624. The lowest BCUT2D eigenvalue weighted by Crippen LogP contribution is -2.39. The van der Waals surface area contributed by atoms with E-state index in [4.69, 9.17) is 16.4 Å². The zero-order chi connectivity index (χ0) is 13.3. The fourth-order valence-electron chi connectivity index (χ4n) is 1.58. The summed E-state index contributed by atoms with van der Waals surface area (Å²) in [4.78, 5) is 8.93. The van der Waals surface area contributed by atoms with Crippen molar-refractivity contribution in [1.82, 2.24) is 20.1 Å². The summed E-state index contributed by atoms with van der Waals surface area (Å²) >= 11 is 5.90. The number of fused-ring (bicyclic) bond motifs is 1. The van der Waals surface area contributed by atoms with Crippen LogP contribution in [-0.4, -0.2) is 58.8 Å². The Morgan fingerprint density at radius 2 is 2.11 bits per heavy atom. The summed E-state index contributed by atoms with van der Waals surface area (Å²) < 4.78 is 1.85. The van der Waals surface area contributed by atoms with Gasteiger partial charge in [0.1, 0.15) is 11.0 Å². The van der Waals surface area contributed by atoms with Crippen LogP contribution in [0.1, 0.15) is 0 Å². The minimum atomic E-state index is 0.624. The second kappa shape index (κ2) is 4.81. The van der Waals surface area contributed by atoms with Crippen molar-refractivity contribution in [1.29, 1.82) is 0 Å². The van der Waals surface area contributed by atoms with Crippen LogP contribution in [-0.2, 0) is 0 Å². The average Bonchev–Trinajstić information content (AvgIpc) is 2.67. The van der Waals surface area contributed by atoms with Gasteiger partial charge in [-0.1, -0.05) is 16.4 Å². The van der Waals surface area contributed by atoms with Gasteiger partial charge in [0.2, 0.25) is 0 Å². The van der Waals surface area contributed by atoms with Crippen LogP contribution in [0.4, 0.5) is 0 Å². The molecule has 0 saturated heterocycles.